The number of nitrogens with zero attached hydrogens (tertiary/aromatic N) is 1. The summed E-state index contributed by atoms with van der Waals surface area (Å²) in [5.41, 5.74) is 0.749. The van der Waals surface area contributed by atoms with Gasteiger partial charge >= 0.3 is 0 Å². The van der Waals surface area contributed by atoms with Gasteiger partial charge in [0, 0.05) is 5.56 Å². The zero-order valence-corrected chi connectivity index (χ0v) is 9.68. The Morgan fingerprint density at radius 2 is 2.00 bits per heavy atom. The van der Waals surface area contributed by atoms with Gasteiger partial charge in [0.1, 0.15) is 11.8 Å². The molecule has 1 rings (SSSR count). The summed E-state index contributed by atoms with van der Waals surface area (Å²) in [6.07, 6.45) is 0.272. The van der Waals surface area contributed by atoms with E-state index < -0.39 is 12.2 Å². The maximum atomic E-state index is 9.81. The molecule has 0 bridgehead atoms. The zero-order chi connectivity index (χ0) is 12.0. The van der Waals surface area contributed by atoms with E-state index in [-0.39, 0.29) is 0 Å². The molecule has 0 radical (unpaired) electrons. The Bertz CT molecular complexity index is 370. The van der Waals surface area contributed by atoms with Crippen LogP contribution in [-0.2, 0) is 0 Å². The number of aliphatic hydroxyl groups is 1. The minimum Gasteiger partial charge on any atom is -0.475 e. The quantitative estimate of drug-likeness (QED) is 0.828. The molecule has 0 aliphatic rings. The number of hydrogen-bond acceptors (Lipinski definition) is 3. The molecule has 0 saturated carbocycles. The van der Waals surface area contributed by atoms with E-state index in [0.717, 1.165) is 5.56 Å². The van der Waals surface area contributed by atoms with Crippen LogP contribution in [0.15, 0.2) is 24.3 Å². The molecule has 0 heterocycles. The van der Waals surface area contributed by atoms with Gasteiger partial charge in [-0.1, -0.05) is 32.0 Å². The van der Waals surface area contributed by atoms with E-state index in [1.807, 2.05) is 32.0 Å². The molecular weight excluding hydrogens is 202 g/mol. The number of aliphatic hydroxyl groups excluding tert-OH is 1. The average Bonchev–Trinajstić information content (AvgIpc) is 2.35. The molecule has 16 heavy (non-hydrogen) atoms. The van der Waals surface area contributed by atoms with Crippen molar-refractivity contribution < 1.29 is 9.84 Å². The first kappa shape index (κ1) is 12.5. The average molecular weight is 219 g/mol. The van der Waals surface area contributed by atoms with Gasteiger partial charge in [0.05, 0.1) is 6.10 Å². The Hall–Kier alpha value is -1.53. The highest BCUT2D eigenvalue weighted by atomic mass is 16.5. The predicted octanol–water partition coefficient (Wildman–Crippen LogP) is 2.81. The third-order valence-electron chi connectivity index (χ3n) is 2.45. The minimum atomic E-state index is -0.535. The molecular formula is C13H17NO2. The molecule has 0 aromatic heterocycles. The molecule has 3 heteroatoms. The lowest BCUT2D eigenvalue weighted by Gasteiger charge is -2.16. The summed E-state index contributed by atoms with van der Waals surface area (Å²) < 4.78 is 5.55. The van der Waals surface area contributed by atoms with Gasteiger partial charge in [-0.2, -0.15) is 5.26 Å². The van der Waals surface area contributed by atoms with Crippen LogP contribution in [0.1, 0.15) is 38.4 Å². The second-order valence-corrected chi connectivity index (χ2v) is 3.61. The molecule has 1 aromatic rings. The maximum Gasteiger partial charge on any atom is 0.184 e. The highest BCUT2D eigenvalue weighted by Gasteiger charge is 2.14. The van der Waals surface area contributed by atoms with Crippen LogP contribution in [0.4, 0.5) is 0 Å². The van der Waals surface area contributed by atoms with Crippen molar-refractivity contribution in [1.29, 1.82) is 5.26 Å². The number of hydrogen-bond donors (Lipinski definition) is 1. The summed E-state index contributed by atoms with van der Waals surface area (Å²) in [6.45, 7) is 3.80. The number of benzene rings is 1. The lowest BCUT2D eigenvalue weighted by atomic mass is 10.1. The molecule has 2 atom stereocenters. The SMILES string of the molecule is CCC(C#N)Oc1ccccc1[C@H](O)CC. The monoisotopic (exact) mass is 219 g/mol. The van der Waals surface area contributed by atoms with Crippen molar-refractivity contribution in [2.75, 3.05) is 0 Å². The van der Waals surface area contributed by atoms with E-state index in [4.69, 9.17) is 10.00 Å². The number of para-hydroxylation sites is 1. The van der Waals surface area contributed by atoms with E-state index in [0.29, 0.717) is 18.6 Å². The van der Waals surface area contributed by atoms with Gasteiger partial charge in [-0.3, -0.25) is 0 Å². The molecule has 0 spiro atoms. The Morgan fingerprint density at radius 3 is 2.56 bits per heavy atom. The fourth-order valence-electron chi connectivity index (χ4n) is 1.44. The maximum absolute atomic E-state index is 9.81. The predicted molar refractivity (Wildman–Crippen MR) is 62.0 cm³/mol. The standard InChI is InChI=1S/C13H17NO2/c1-3-10(9-14)16-13-8-6-5-7-11(13)12(15)4-2/h5-8,10,12,15H,3-4H2,1-2H3/t10?,12-/m1/s1. The largest absolute Gasteiger partial charge is 0.475 e. The molecule has 1 unspecified atom stereocenters. The van der Waals surface area contributed by atoms with Crippen LogP contribution in [-0.4, -0.2) is 11.2 Å². The van der Waals surface area contributed by atoms with Crippen molar-refractivity contribution in [2.45, 2.75) is 38.9 Å². The van der Waals surface area contributed by atoms with Gasteiger partial charge in [0.15, 0.2) is 6.10 Å². The zero-order valence-electron chi connectivity index (χ0n) is 9.68. The molecule has 0 saturated heterocycles. The van der Waals surface area contributed by atoms with Crippen molar-refractivity contribution in [3.63, 3.8) is 0 Å². The molecule has 86 valence electrons. The number of rotatable bonds is 5. The normalized spacial score (nSPS) is 13.9. The second-order valence-electron chi connectivity index (χ2n) is 3.61. The van der Waals surface area contributed by atoms with Crippen LogP contribution < -0.4 is 4.74 Å². The molecule has 3 nitrogen and oxygen atoms in total. The van der Waals surface area contributed by atoms with Gasteiger partial charge in [0.2, 0.25) is 0 Å². The Morgan fingerprint density at radius 1 is 1.31 bits per heavy atom. The summed E-state index contributed by atoms with van der Waals surface area (Å²) in [7, 11) is 0. The van der Waals surface area contributed by atoms with E-state index in [1.54, 1.807) is 6.07 Å². The van der Waals surface area contributed by atoms with Crippen molar-refractivity contribution >= 4 is 0 Å². The Balaban J connectivity index is 2.91. The van der Waals surface area contributed by atoms with Gasteiger partial charge in [-0.25, -0.2) is 0 Å². The van der Waals surface area contributed by atoms with E-state index in [9.17, 15) is 5.11 Å². The van der Waals surface area contributed by atoms with E-state index in [1.165, 1.54) is 0 Å². The fraction of sp³-hybridized carbons (Fsp3) is 0.462. The molecule has 1 N–H and O–H groups in total. The van der Waals surface area contributed by atoms with Crippen LogP contribution in [0.3, 0.4) is 0 Å². The fourth-order valence-corrected chi connectivity index (χ4v) is 1.44. The third-order valence-corrected chi connectivity index (χ3v) is 2.45. The first-order valence-electron chi connectivity index (χ1n) is 5.56. The Kier molecular flexibility index (Phi) is 4.81. The summed E-state index contributed by atoms with van der Waals surface area (Å²) in [5.74, 6) is 0.602. The third kappa shape index (κ3) is 2.98. The lowest BCUT2D eigenvalue weighted by molar-refractivity contribution is 0.163. The first-order valence-corrected chi connectivity index (χ1v) is 5.56. The van der Waals surface area contributed by atoms with Gasteiger partial charge in [0.25, 0.3) is 0 Å². The number of nitriles is 1. The summed E-state index contributed by atoms with van der Waals surface area (Å²) in [5, 5.41) is 18.6. The van der Waals surface area contributed by atoms with Gasteiger partial charge in [-0.15, -0.1) is 0 Å². The summed E-state index contributed by atoms with van der Waals surface area (Å²) in [4.78, 5) is 0. The minimum absolute atomic E-state index is 0.454. The number of ether oxygens (including phenoxy) is 1. The molecule has 1 aromatic carbocycles. The highest BCUT2D eigenvalue weighted by molar-refractivity contribution is 5.35. The van der Waals surface area contributed by atoms with Crippen molar-refractivity contribution in [3.05, 3.63) is 29.8 Å². The second kappa shape index (κ2) is 6.14. The topological polar surface area (TPSA) is 53.2 Å². The van der Waals surface area contributed by atoms with Crippen LogP contribution in [0, 0.1) is 11.3 Å². The van der Waals surface area contributed by atoms with E-state index in [2.05, 4.69) is 6.07 Å². The first-order chi connectivity index (χ1) is 7.72. The van der Waals surface area contributed by atoms with Gasteiger partial charge in [-0.05, 0) is 18.9 Å². The van der Waals surface area contributed by atoms with Crippen LogP contribution in [0.5, 0.6) is 5.75 Å². The molecule has 0 aliphatic carbocycles. The van der Waals surface area contributed by atoms with Crippen molar-refractivity contribution in [1.82, 2.24) is 0 Å². The van der Waals surface area contributed by atoms with Gasteiger partial charge < -0.3 is 9.84 Å². The smallest absolute Gasteiger partial charge is 0.184 e. The lowest BCUT2D eigenvalue weighted by Crippen LogP contribution is -2.14. The van der Waals surface area contributed by atoms with Crippen LogP contribution in [0.25, 0.3) is 0 Å². The highest BCUT2D eigenvalue weighted by Crippen LogP contribution is 2.27. The van der Waals surface area contributed by atoms with Crippen LogP contribution >= 0.6 is 0 Å². The molecule has 0 amide bonds. The van der Waals surface area contributed by atoms with Crippen molar-refractivity contribution in [3.8, 4) is 11.8 Å². The van der Waals surface area contributed by atoms with Crippen LogP contribution in [0.2, 0.25) is 0 Å². The summed E-state index contributed by atoms with van der Waals surface area (Å²) in [6, 6.07) is 9.39. The van der Waals surface area contributed by atoms with E-state index >= 15 is 0 Å². The molecule has 0 fully saturated rings. The Labute approximate surface area is 96.3 Å². The molecule has 0 aliphatic heterocycles. The van der Waals surface area contributed by atoms with Crippen molar-refractivity contribution in [2.24, 2.45) is 0 Å². The summed E-state index contributed by atoms with van der Waals surface area (Å²) >= 11 is 0.